The van der Waals surface area contributed by atoms with Crippen molar-refractivity contribution in [1.82, 2.24) is 5.32 Å². The van der Waals surface area contributed by atoms with Crippen LogP contribution in [-0.4, -0.2) is 24.1 Å². The molecule has 1 rings (SSSR count). The van der Waals surface area contributed by atoms with Crippen LogP contribution in [-0.2, 0) is 0 Å². The Morgan fingerprint density at radius 1 is 1.50 bits per heavy atom. The van der Waals surface area contributed by atoms with Gasteiger partial charge in [0, 0.05) is 13.1 Å². The molecule has 0 saturated heterocycles. The standard InChI is InChI=1S/C12H16N2O2/c1-9-4-5-10(11(15)8-9)12(16)14-7-3-2-6-13/h2-5,8,15H,6-7,13H2,1H3,(H,14,16)/b3-2+. The summed E-state index contributed by atoms with van der Waals surface area (Å²) in [5.41, 5.74) is 6.46. The van der Waals surface area contributed by atoms with Gasteiger partial charge >= 0.3 is 0 Å². The molecule has 0 spiro atoms. The SMILES string of the molecule is Cc1ccc(C(=O)NC/C=C/CN)c(O)c1. The lowest BCUT2D eigenvalue weighted by atomic mass is 10.1. The van der Waals surface area contributed by atoms with Crippen LogP contribution in [0.3, 0.4) is 0 Å². The fraction of sp³-hybridized carbons (Fsp3) is 0.250. The number of benzene rings is 1. The molecule has 4 nitrogen and oxygen atoms in total. The molecular formula is C12H16N2O2. The second-order valence-electron chi connectivity index (χ2n) is 3.44. The van der Waals surface area contributed by atoms with Gasteiger partial charge in [0.1, 0.15) is 5.75 Å². The van der Waals surface area contributed by atoms with E-state index in [2.05, 4.69) is 5.32 Å². The summed E-state index contributed by atoms with van der Waals surface area (Å²) in [7, 11) is 0. The molecule has 4 heteroatoms. The Kier molecular flexibility index (Phi) is 4.54. The largest absolute Gasteiger partial charge is 0.507 e. The lowest BCUT2D eigenvalue weighted by molar-refractivity contribution is 0.0955. The Balaban J connectivity index is 2.63. The minimum atomic E-state index is -0.292. The fourth-order valence-corrected chi connectivity index (χ4v) is 1.26. The number of amides is 1. The summed E-state index contributed by atoms with van der Waals surface area (Å²) >= 11 is 0. The van der Waals surface area contributed by atoms with Crippen molar-refractivity contribution in [3.05, 3.63) is 41.5 Å². The van der Waals surface area contributed by atoms with E-state index >= 15 is 0 Å². The third-order valence-electron chi connectivity index (χ3n) is 2.08. The van der Waals surface area contributed by atoms with Crippen molar-refractivity contribution >= 4 is 5.91 Å². The van der Waals surface area contributed by atoms with Crippen molar-refractivity contribution < 1.29 is 9.90 Å². The van der Waals surface area contributed by atoms with Gasteiger partial charge in [-0.1, -0.05) is 18.2 Å². The topological polar surface area (TPSA) is 75.4 Å². The molecule has 4 N–H and O–H groups in total. The predicted molar refractivity (Wildman–Crippen MR) is 63.4 cm³/mol. The van der Waals surface area contributed by atoms with Gasteiger partial charge in [-0.2, -0.15) is 0 Å². The number of aromatic hydroxyl groups is 1. The third-order valence-corrected chi connectivity index (χ3v) is 2.08. The van der Waals surface area contributed by atoms with Gasteiger partial charge in [0.2, 0.25) is 0 Å². The lowest BCUT2D eigenvalue weighted by Crippen LogP contribution is -2.23. The molecule has 0 bridgehead atoms. The van der Waals surface area contributed by atoms with Crippen molar-refractivity contribution in [2.75, 3.05) is 13.1 Å². The molecule has 16 heavy (non-hydrogen) atoms. The van der Waals surface area contributed by atoms with Gasteiger partial charge in [0.25, 0.3) is 5.91 Å². The quantitative estimate of drug-likeness (QED) is 0.661. The first-order chi connectivity index (χ1) is 7.65. The maximum absolute atomic E-state index is 11.6. The Morgan fingerprint density at radius 2 is 2.25 bits per heavy atom. The minimum absolute atomic E-state index is 0.000282. The van der Waals surface area contributed by atoms with Crippen LogP contribution in [0.25, 0.3) is 0 Å². The van der Waals surface area contributed by atoms with Crippen LogP contribution in [0, 0.1) is 6.92 Å². The predicted octanol–water partition coefficient (Wildman–Crippen LogP) is 0.945. The van der Waals surface area contributed by atoms with Crippen LogP contribution in [0.15, 0.2) is 30.4 Å². The molecule has 0 unspecified atom stereocenters. The summed E-state index contributed by atoms with van der Waals surface area (Å²) in [4.78, 5) is 11.6. The Bertz CT molecular complexity index is 400. The average Bonchev–Trinajstić information content (AvgIpc) is 2.24. The Morgan fingerprint density at radius 3 is 2.88 bits per heavy atom. The second kappa shape index (κ2) is 5.92. The smallest absolute Gasteiger partial charge is 0.255 e. The van der Waals surface area contributed by atoms with E-state index in [4.69, 9.17) is 5.73 Å². The number of carbonyl (C=O) groups excluding carboxylic acids is 1. The van der Waals surface area contributed by atoms with E-state index in [0.717, 1.165) is 5.56 Å². The number of nitrogens with one attached hydrogen (secondary N) is 1. The highest BCUT2D eigenvalue weighted by atomic mass is 16.3. The molecule has 0 fully saturated rings. The highest BCUT2D eigenvalue weighted by molar-refractivity contribution is 5.96. The van der Waals surface area contributed by atoms with Crippen LogP contribution in [0.5, 0.6) is 5.75 Å². The van der Waals surface area contributed by atoms with Crippen LogP contribution in [0.1, 0.15) is 15.9 Å². The second-order valence-corrected chi connectivity index (χ2v) is 3.44. The first-order valence-electron chi connectivity index (χ1n) is 5.08. The molecule has 0 aliphatic heterocycles. The van der Waals surface area contributed by atoms with E-state index in [9.17, 15) is 9.90 Å². The average molecular weight is 220 g/mol. The van der Waals surface area contributed by atoms with Crippen molar-refractivity contribution in [2.45, 2.75) is 6.92 Å². The van der Waals surface area contributed by atoms with E-state index in [0.29, 0.717) is 13.1 Å². The minimum Gasteiger partial charge on any atom is -0.507 e. The third kappa shape index (κ3) is 3.40. The molecule has 0 radical (unpaired) electrons. The summed E-state index contributed by atoms with van der Waals surface area (Å²) in [6, 6.07) is 4.95. The Hall–Kier alpha value is -1.81. The van der Waals surface area contributed by atoms with Gasteiger partial charge < -0.3 is 16.2 Å². The highest BCUT2D eigenvalue weighted by Crippen LogP contribution is 2.17. The number of phenols is 1. The van der Waals surface area contributed by atoms with Crippen molar-refractivity contribution in [3.63, 3.8) is 0 Å². The van der Waals surface area contributed by atoms with Gasteiger partial charge in [-0.3, -0.25) is 4.79 Å². The fourth-order valence-electron chi connectivity index (χ4n) is 1.26. The van der Waals surface area contributed by atoms with Gasteiger partial charge in [0.05, 0.1) is 5.56 Å². The lowest BCUT2D eigenvalue weighted by Gasteiger charge is -2.05. The molecule has 1 amide bonds. The maximum atomic E-state index is 11.6. The van der Waals surface area contributed by atoms with Gasteiger partial charge in [-0.15, -0.1) is 0 Å². The molecule has 0 saturated carbocycles. The molecule has 86 valence electrons. The number of nitrogens with two attached hydrogens (primary N) is 1. The molecule has 0 atom stereocenters. The van der Waals surface area contributed by atoms with E-state index in [1.165, 1.54) is 0 Å². The van der Waals surface area contributed by atoms with Crippen molar-refractivity contribution in [2.24, 2.45) is 5.73 Å². The number of hydrogen-bond acceptors (Lipinski definition) is 3. The first kappa shape index (κ1) is 12.3. The molecule has 1 aromatic rings. The van der Waals surface area contributed by atoms with Crippen LogP contribution in [0.4, 0.5) is 0 Å². The summed E-state index contributed by atoms with van der Waals surface area (Å²) in [6.45, 7) is 2.71. The van der Waals surface area contributed by atoms with E-state index < -0.39 is 0 Å². The summed E-state index contributed by atoms with van der Waals surface area (Å²) in [6.07, 6.45) is 3.53. The number of rotatable bonds is 4. The number of hydrogen-bond donors (Lipinski definition) is 3. The highest BCUT2D eigenvalue weighted by Gasteiger charge is 2.09. The zero-order chi connectivity index (χ0) is 12.0. The molecular weight excluding hydrogens is 204 g/mol. The summed E-state index contributed by atoms with van der Waals surface area (Å²) in [5.74, 6) is -0.292. The molecule has 0 aromatic heterocycles. The molecule has 1 aromatic carbocycles. The monoisotopic (exact) mass is 220 g/mol. The van der Waals surface area contributed by atoms with Crippen LogP contribution >= 0.6 is 0 Å². The first-order valence-corrected chi connectivity index (χ1v) is 5.08. The molecule has 0 aliphatic rings. The van der Waals surface area contributed by atoms with Crippen LogP contribution < -0.4 is 11.1 Å². The molecule has 0 heterocycles. The van der Waals surface area contributed by atoms with Crippen molar-refractivity contribution in [1.29, 1.82) is 0 Å². The van der Waals surface area contributed by atoms with E-state index in [-0.39, 0.29) is 17.2 Å². The van der Waals surface area contributed by atoms with E-state index in [1.807, 2.05) is 6.92 Å². The zero-order valence-electron chi connectivity index (χ0n) is 9.23. The number of carbonyl (C=O) groups is 1. The number of aryl methyl sites for hydroxylation is 1. The van der Waals surface area contributed by atoms with Gasteiger partial charge in [-0.25, -0.2) is 0 Å². The van der Waals surface area contributed by atoms with Gasteiger partial charge in [-0.05, 0) is 24.6 Å². The zero-order valence-corrected chi connectivity index (χ0v) is 9.23. The Labute approximate surface area is 94.8 Å². The summed E-state index contributed by atoms with van der Waals surface area (Å²) < 4.78 is 0. The summed E-state index contributed by atoms with van der Waals surface area (Å²) in [5, 5.41) is 12.2. The van der Waals surface area contributed by atoms with Crippen molar-refractivity contribution in [3.8, 4) is 5.75 Å². The normalized spacial score (nSPS) is 10.6. The molecule has 0 aliphatic carbocycles. The van der Waals surface area contributed by atoms with Gasteiger partial charge in [0.15, 0.2) is 0 Å². The number of phenolic OH excluding ortho intramolecular Hbond substituents is 1. The van der Waals surface area contributed by atoms with E-state index in [1.54, 1.807) is 30.4 Å². The van der Waals surface area contributed by atoms with Crippen LogP contribution in [0.2, 0.25) is 0 Å². The maximum Gasteiger partial charge on any atom is 0.255 e.